The molecule has 1 aliphatic carbocycles. The number of hydrogen-bond acceptors (Lipinski definition) is 2. The Bertz CT molecular complexity index is 587. The molecule has 1 amide bonds. The number of nitrogens with one attached hydrogen (secondary N) is 2. The van der Waals surface area contributed by atoms with Gasteiger partial charge in [0.25, 0.3) is 0 Å². The first-order chi connectivity index (χ1) is 12.8. The van der Waals surface area contributed by atoms with Crippen molar-refractivity contribution in [3.8, 4) is 0 Å². The van der Waals surface area contributed by atoms with Crippen molar-refractivity contribution < 1.29 is 4.79 Å². The lowest BCUT2D eigenvalue weighted by atomic mass is 9.82. The van der Waals surface area contributed by atoms with Crippen molar-refractivity contribution in [2.24, 2.45) is 16.8 Å². The smallest absolute Gasteiger partial charge is 0.222 e. The van der Waals surface area contributed by atoms with Crippen LogP contribution in [0.15, 0.2) is 35.3 Å². The number of carbonyl (C=O) groups is 1. The van der Waals surface area contributed by atoms with Crippen molar-refractivity contribution in [2.45, 2.75) is 45.6 Å². The molecular formula is C21H32N4O. The lowest BCUT2D eigenvalue weighted by Crippen LogP contribution is -2.40. The van der Waals surface area contributed by atoms with E-state index in [1.54, 1.807) is 0 Å². The van der Waals surface area contributed by atoms with E-state index in [9.17, 15) is 4.79 Å². The quantitative estimate of drug-likeness (QED) is 0.609. The number of rotatable bonds is 6. The van der Waals surface area contributed by atoms with Crippen LogP contribution in [-0.4, -0.2) is 42.9 Å². The van der Waals surface area contributed by atoms with Crippen molar-refractivity contribution in [3.63, 3.8) is 0 Å². The molecule has 2 unspecified atom stereocenters. The van der Waals surface area contributed by atoms with E-state index >= 15 is 0 Å². The Hall–Kier alpha value is -2.04. The molecule has 2 N–H and O–H groups in total. The molecule has 0 aromatic heterocycles. The summed E-state index contributed by atoms with van der Waals surface area (Å²) >= 11 is 0. The molecule has 1 aromatic rings. The Morgan fingerprint density at radius 3 is 2.46 bits per heavy atom. The summed E-state index contributed by atoms with van der Waals surface area (Å²) in [4.78, 5) is 19.2. The number of likely N-dealkylation sites (tertiary alicyclic amines) is 1. The van der Waals surface area contributed by atoms with Crippen LogP contribution in [0.3, 0.4) is 0 Å². The van der Waals surface area contributed by atoms with E-state index < -0.39 is 0 Å². The van der Waals surface area contributed by atoms with E-state index in [2.05, 4.69) is 22.5 Å². The zero-order valence-electron chi connectivity index (χ0n) is 15.9. The van der Waals surface area contributed by atoms with E-state index in [0.717, 1.165) is 43.0 Å². The highest BCUT2D eigenvalue weighted by molar-refractivity contribution is 5.81. The summed E-state index contributed by atoms with van der Waals surface area (Å²) in [5, 5.41) is 6.38. The molecule has 5 heteroatoms. The van der Waals surface area contributed by atoms with E-state index in [1.807, 2.05) is 30.3 Å². The van der Waals surface area contributed by atoms with Gasteiger partial charge in [0.05, 0.1) is 6.54 Å². The van der Waals surface area contributed by atoms with Gasteiger partial charge in [-0.2, -0.15) is 0 Å². The van der Waals surface area contributed by atoms with Crippen LogP contribution in [0.1, 0.15) is 44.6 Å². The first-order valence-electron chi connectivity index (χ1n) is 10.1. The molecule has 1 saturated heterocycles. The Morgan fingerprint density at radius 2 is 1.81 bits per heavy atom. The number of benzene rings is 1. The minimum Gasteiger partial charge on any atom is -0.357 e. The monoisotopic (exact) mass is 356 g/mol. The number of amides is 1. The first-order valence-corrected chi connectivity index (χ1v) is 10.1. The summed E-state index contributed by atoms with van der Waals surface area (Å²) < 4.78 is 0. The van der Waals surface area contributed by atoms with Gasteiger partial charge >= 0.3 is 0 Å². The molecule has 0 spiro atoms. The van der Waals surface area contributed by atoms with E-state index in [0.29, 0.717) is 19.5 Å². The van der Waals surface area contributed by atoms with Crippen LogP contribution in [0.2, 0.25) is 0 Å². The summed E-state index contributed by atoms with van der Waals surface area (Å²) in [6.45, 7) is 6.33. The normalized spacial score (nSPS) is 22.8. The third-order valence-electron chi connectivity index (χ3n) is 5.54. The summed E-state index contributed by atoms with van der Waals surface area (Å²) in [6.07, 6.45) is 5.92. The summed E-state index contributed by atoms with van der Waals surface area (Å²) in [5.41, 5.74) is 1.12. The molecule has 26 heavy (non-hydrogen) atoms. The second-order valence-corrected chi connectivity index (χ2v) is 7.46. The number of nitrogens with zero attached hydrogens (tertiary/aromatic N) is 2. The molecule has 1 aliphatic heterocycles. The van der Waals surface area contributed by atoms with Crippen molar-refractivity contribution in [1.82, 2.24) is 15.5 Å². The van der Waals surface area contributed by atoms with Crippen LogP contribution in [0.25, 0.3) is 0 Å². The van der Waals surface area contributed by atoms with Crippen LogP contribution in [0.5, 0.6) is 0 Å². The van der Waals surface area contributed by atoms with Crippen LogP contribution >= 0.6 is 0 Å². The Morgan fingerprint density at radius 1 is 1.12 bits per heavy atom. The van der Waals surface area contributed by atoms with E-state index in [1.165, 1.54) is 25.7 Å². The molecular weight excluding hydrogens is 324 g/mol. The molecule has 1 saturated carbocycles. The number of fused-ring (bicyclic) bond motifs is 1. The lowest BCUT2D eigenvalue weighted by molar-refractivity contribution is -0.121. The predicted molar refractivity (Wildman–Crippen MR) is 106 cm³/mol. The molecule has 0 radical (unpaired) electrons. The number of hydrogen-bond donors (Lipinski definition) is 2. The van der Waals surface area contributed by atoms with Gasteiger partial charge in [-0.3, -0.25) is 9.79 Å². The Labute approximate surface area is 157 Å². The molecule has 2 aliphatic rings. The van der Waals surface area contributed by atoms with Gasteiger partial charge in [0, 0.05) is 32.6 Å². The van der Waals surface area contributed by atoms with Crippen LogP contribution < -0.4 is 10.6 Å². The van der Waals surface area contributed by atoms with Gasteiger partial charge in [0.15, 0.2) is 5.96 Å². The maximum Gasteiger partial charge on any atom is 0.222 e. The van der Waals surface area contributed by atoms with Crippen molar-refractivity contribution in [1.29, 1.82) is 0 Å². The van der Waals surface area contributed by atoms with Crippen molar-refractivity contribution >= 4 is 11.9 Å². The van der Waals surface area contributed by atoms with E-state index in [4.69, 9.17) is 4.99 Å². The summed E-state index contributed by atoms with van der Waals surface area (Å²) in [7, 11) is 0. The van der Waals surface area contributed by atoms with Crippen LogP contribution in [-0.2, 0) is 11.3 Å². The van der Waals surface area contributed by atoms with Gasteiger partial charge in [-0.25, -0.2) is 0 Å². The standard InChI is InChI=1S/C21H32N4O/c1-2-22-21(25-15-18-10-6-7-11-19(18)16-25)23-13-12-20(26)24-14-17-8-4-3-5-9-17/h3-5,8-9,18-19H,2,6-7,10-16H2,1H3,(H,22,23)(H,24,26). The maximum absolute atomic E-state index is 12.1. The number of aliphatic imine (C=N–C) groups is 1. The average Bonchev–Trinajstić information content (AvgIpc) is 3.10. The largest absolute Gasteiger partial charge is 0.357 e. The maximum atomic E-state index is 12.1. The fraction of sp³-hybridized carbons (Fsp3) is 0.619. The van der Waals surface area contributed by atoms with Gasteiger partial charge in [0.2, 0.25) is 5.91 Å². The minimum atomic E-state index is 0.0588. The molecule has 142 valence electrons. The lowest BCUT2D eigenvalue weighted by Gasteiger charge is -2.22. The highest BCUT2D eigenvalue weighted by Crippen LogP contribution is 2.35. The van der Waals surface area contributed by atoms with Gasteiger partial charge in [-0.1, -0.05) is 43.2 Å². The third-order valence-corrected chi connectivity index (χ3v) is 5.54. The third kappa shape index (κ3) is 5.23. The second kappa shape index (κ2) is 9.60. The summed E-state index contributed by atoms with van der Waals surface area (Å²) in [5.74, 6) is 2.71. The molecule has 2 fully saturated rings. The fourth-order valence-electron chi connectivity index (χ4n) is 4.15. The predicted octanol–water partition coefficient (Wildman–Crippen LogP) is 2.78. The highest BCUT2D eigenvalue weighted by Gasteiger charge is 2.35. The number of carbonyl (C=O) groups excluding carboxylic acids is 1. The van der Waals surface area contributed by atoms with Crippen LogP contribution in [0, 0.1) is 11.8 Å². The zero-order valence-corrected chi connectivity index (χ0v) is 15.9. The van der Waals surface area contributed by atoms with Crippen molar-refractivity contribution in [2.75, 3.05) is 26.2 Å². The molecule has 5 nitrogen and oxygen atoms in total. The highest BCUT2D eigenvalue weighted by atomic mass is 16.1. The fourth-order valence-corrected chi connectivity index (χ4v) is 4.15. The Kier molecular flexibility index (Phi) is 6.92. The van der Waals surface area contributed by atoms with E-state index in [-0.39, 0.29) is 5.91 Å². The molecule has 1 heterocycles. The first kappa shape index (κ1) is 18.7. The van der Waals surface area contributed by atoms with Gasteiger partial charge < -0.3 is 15.5 Å². The SMILES string of the molecule is CCNC(=NCCC(=O)NCc1ccccc1)N1CC2CCCCC2C1. The second-order valence-electron chi connectivity index (χ2n) is 7.46. The molecule has 2 atom stereocenters. The molecule has 1 aromatic carbocycles. The van der Waals surface area contributed by atoms with Gasteiger partial charge in [-0.15, -0.1) is 0 Å². The average molecular weight is 357 g/mol. The topological polar surface area (TPSA) is 56.7 Å². The molecule has 3 rings (SSSR count). The van der Waals surface area contributed by atoms with Crippen molar-refractivity contribution in [3.05, 3.63) is 35.9 Å². The van der Waals surface area contributed by atoms with Gasteiger partial charge in [-0.05, 0) is 37.2 Å². The number of guanidine groups is 1. The zero-order chi connectivity index (χ0) is 18.2. The minimum absolute atomic E-state index is 0.0588. The molecule has 0 bridgehead atoms. The summed E-state index contributed by atoms with van der Waals surface area (Å²) in [6, 6.07) is 10.0. The van der Waals surface area contributed by atoms with Crippen LogP contribution in [0.4, 0.5) is 0 Å². The van der Waals surface area contributed by atoms with Gasteiger partial charge in [0.1, 0.15) is 0 Å². The Balaban J connectivity index is 1.46.